The van der Waals surface area contributed by atoms with Crippen LogP contribution in [-0.2, 0) is 0 Å². The maximum Gasteiger partial charge on any atom is 0.138 e. The second-order valence-corrected chi connectivity index (χ2v) is 6.05. The van der Waals surface area contributed by atoms with Crippen molar-refractivity contribution in [3.05, 3.63) is 57.8 Å². The molecule has 0 amide bonds. The molecule has 1 heterocycles. The van der Waals surface area contributed by atoms with E-state index in [1.165, 1.54) is 0 Å². The van der Waals surface area contributed by atoms with Crippen molar-refractivity contribution in [3.8, 4) is 5.75 Å². The lowest BCUT2D eigenvalue weighted by molar-refractivity contribution is 0.162. The second-order valence-electron chi connectivity index (χ2n) is 4.72. The summed E-state index contributed by atoms with van der Waals surface area (Å²) in [6.07, 6.45) is 3.28. The molecule has 0 N–H and O–H groups in total. The average molecular weight is 356 g/mol. The largest absolute Gasteiger partial charge is 0.483 e. The molecule has 0 fully saturated rings. The lowest BCUT2D eigenvalue weighted by Crippen LogP contribution is -2.24. The van der Waals surface area contributed by atoms with Crippen LogP contribution >= 0.6 is 27.5 Å². The van der Waals surface area contributed by atoms with Crippen LogP contribution in [0.2, 0.25) is 5.02 Å². The van der Waals surface area contributed by atoms with Gasteiger partial charge in [0.05, 0.1) is 6.20 Å². The van der Waals surface area contributed by atoms with Gasteiger partial charge in [0, 0.05) is 27.8 Å². The van der Waals surface area contributed by atoms with Crippen LogP contribution in [0.25, 0.3) is 0 Å². The Morgan fingerprint density at radius 2 is 2.15 bits per heavy atom. The van der Waals surface area contributed by atoms with Crippen LogP contribution in [0.1, 0.15) is 11.7 Å². The van der Waals surface area contributed by atoms with Gasteiger partial charge >= 0.3 is 0 Å². The number of benzene rings is 1. The number of ether oxygens (including phenoxy) is 1. The highest BCUT2D eigenvalue weighted by Crippen LogP contribution is 2.30. The standard InChI is InChI=1S/C15H16BrClN2O/c1-19(2)10-15(20-12-4-3-7-18-9-12)13-6-5-11(16)8-14(13)17/h3-9,15H,10H2,1-2H3. The zero-order chi connectivity index (χ0) is 14.5. The second kappa shape index (κ2) is 7.07. The van der Waals surface area contributed by atoms with Crippen molar-refractivity contribution >= 4 is 27.5 Å². The average Bonchev–Trinajstić information content (AvgIpc) is 2.38. The molecule has 0 aliphatic heterocycles. The maximum atomic E-state index is 6.33. The Bertz CT molecular complexity index is 563. The molecule has 0 radical (unpaired) electrons. The first-order valence-electron chi connectivity index (χ1n) is 6.22. The molecule has 0 aliphatic rings. The monoisotopic (exact) mass is 354 g/mol. The van der Waals surface area contributed by atoms with Gasteiger partial charge < -0.3 is 9.64 Å². The smallest absolute Gasteiger partial charge is 0.138 e. The van der Waals surface area contributed by atoms with Crippen molar-refractivity contribution in [2.75, 3.05) is 20.6 Å². The van der Waals surface area contributed by atoms with Crippen molar-refractivity contribution in [2.24, 2.45) is 0 Å². The summed E-state index contributed by atoms with van der Waals surface area (Å²) in [6, 6.07) is 9.58. The van der Waals surface area contributed by atoms with Crippen molar-refractivity contribution in [1.29, 1.82) is 0 Å². The van der Waals surface area contributed by atoms with E-state index in [0.717, 1.165) is 22.3 Å². The number of pyridine rings is 1. The highest BCUT2D eigenvalue weighted by Gasteiger charge is 2.18. The van der Waals surface area contributed by atoms with Gasteiger partial charge in [0.1, 0.15) is 11.9 Å². The van der Waals surface area contributed by atoms with Gasteiger partial charge in [-0.1, -0.05) is 33.6 Å². The fraction of sp³-hybridized carbons (Fsp3) is 0.267. The van der Waals surface area contributed by atoms with Crippen molar-refractivity contribution in [2.45, 2.75) is 6.10 Å². The highest BCUT2D eigenvalue weighted by atomic mass is 79.9. The molecule has 0 spiro atoms. The number of likely N-dealkylation sites (N-methyl/N-ethyl adjacent to an activating group) is 1. The third kappa shape index (κ3) is 4.20. The lowest BCUT2D eigenvalue weighted by atomic mass is 10.1. The molecule has 1 aromatic heterocycles. The molecule has 0 bridgehead atoms. The topological polar surface area (TPSA) is 25.4 Å². The molecule has 2 rings (SSSR count). The number of hydrogen-bond acceptors (Lipinski definition) is 3. The predicted octanol–water partition coefficient (Wildman–Crippen LogP) is 4.18. The van der Waals surface area contributed by atoms with Gasteiger partial charge in [0.2, 0.25) is 0 Å². The van der Waals surface area contributed by atoms with E-state index in [0.29, 0.717) is 5.02 Å². The van der Waals surface area contributed by atoms with Crippen LogP contribution in [0, 0.1) is 0 Å². The van der Waals surface area contributed by atoms with Crippen LogP contribution in [0.5, 0.6) is 5.75 Å². The minimum absolute atomic E-state index is 0.144. The van der Waals surface area contributed by atoms with E-state index in [2.05, 4.69) is 25.8 Å². The molecule has 5 heteroatoms. The first-order chi connectivity index (χ1) is 9.56. The van der Waals surface area contributed by atoms with Gasteiger partial charge in [-0.2, -0.15) is 0 Å². The molecule has 0 saturated carbocycles. The highest BCUT2D eigenvalue weighted by molar-refractivity contribution is 9.10. The maximum absolute atomic E-state index is 6.33. The Hall–Kier alpha value is -1.10. The number of aromatic nitrogens is 1. The summed E-state index contributed by atoms with van der Waals surface area (Å²) in [7, 11) is 4.01. The molecule has 3 nitrogen and oxygen atoms in total. The van der Waals surface area contributed by atoms with E-state index in [-0.39, 0.29) is 6.10 Å². The van der Waals surface area contributed by atoms with E-state index in [9.17, 15) is 0 Å². The summed E-state index contributed by atoms with van der Waals surface area (Å²) in [5, 5.41) is 0.690. The van der Waals surface area contributed by atoms with Gasteiger partial charge in [0.25, 0.3) is 0 Å². The van der Waals surface area contributed by atoms with Gasteiger partial charge in [0.15, 0.2) is 0 Å². The van der Waals surface area contributed by atoms with Crippen LogP contribution in [0.3, 0.4) is 0 Å². The molecule has 1 aromatic carbocycles. The molecule has 1 unspecified atom stereocenters. The molecular weight excluding hydrogens is 340 g/mol. The first-order valence-corrected chi connectivity index (χ1v) is 7.39. The summed E-state index contributed by atoms with van der Waals surface area (Å²) >= 11 is 9.75. The first kappa shape index (κ1) is 15.3. The zero-order valence-electron chi connectivity index (χ0n) is 11.4. The quantitative estimate of drug-likeness (QED) is 0.804. The van der Waals surface area contributed by atoms with Crippen molar-refractivity contribution < 1.29 is 4.74 Å². The molecule has 0 saturated heterocycles. The third-order valence-corrected chi connectivity index (χ3v) is 3.57. The van der Waals surface area contributed by atoms with Crippen LogP contribution in [0.4, 0.5) is 0 Å². The number of halogens is 2. The van der Waals surface area contributed by atoms with E-state index >= 15 is 0 Å². The third-order valence-electron chi connectivity index (χ3n) is 2.75. The van der Waals surface area contributed by atoms with E-state index in [1.807, 2.05) is 44.4 Å². The minimum atomic E-state index is -0.144. The van der Waals surface area contributed by atoms with Gasteiger partial charge in [-0.3, -0.25) is 4.98 Å². The Morgan fingerprint density at radius 1 is 1.35 bits per heavy atom. The summed E-state index contributed by atoms with van der Waals surface area (Å²) < 4.78 is 6.98. The SMILES string of the molecule is CN(C)CC(Oc1cccnc1)c1ccc(Br)cc1Cl. The van der Waals surface area contributed by atoms with Crippen LogP contribution in [0.15, 0.2) is 47.2 Å². The summed E-state index contributed by atoms with van der Waals surface area (Å²) in [6.45, 7) is 0.732. The molecule has 20 heavy (non-hydrogen) atoms. The Morgan fingerprint density at radius 3 is 2.75 bits per heavy atom. The molecular formula is C15H16BrClN2O. The van der Waals surface area contributed by atoms with E-state index < -0.39 is 0 Å². The number of nitrogens with zero attached hydrogens (tertiary/aromatic N) is 2. The fourth-order valence-corrected chi connectivity index (χ4v) is 2.67. The van der Waals surface area contributed by atoms with Crippen LogP contribution in [-0.4, -0.2) is 30.5 Å². The van der Waals surface area contributed by atoms with E-state index in [1.54, 1.807) is 12.4 Å². The lowest BCUT2D eigenvalue weighted by Gasteiger charge is -2.23. The fourth-order valence-electron chi connectivity index (χ4n) is 1.87. The molecule has 106 valence electrons. The molecule has 0 aliphatic carbocycles. The predicted molar refractivity (Wildman–Crippen MR) is 85.3 cm³/mol. The molecule has 2 aromatic rings. The number of rotatable bonds is 5. The summed E-state index contributed by atoms with van der Waals surface area (Å²) in [5.74, 6) is 0.735. The van der Waals surface area contributed by atoms with Gasteiger partial charge in [-0.05, 0) is 38.4 Å². The molecule has 1 atom stereocenters. The minimum Gasteiger partial charge on any atom is -0.483 e. The Balaban J connectivity index is 2.27. The van der Waals surface area contributed by atoms with Gasteiger partial charge in [-0.15, -0.1) is 0 Å². The van der Waals surface area contributed by atoms with Crippen molar-refractivity contribution in [3.63, 3.8) is 0 Å². The normalized spacial score (nSPS) is 12.4. The Kier molecular flexibility index (Phi) is 5.40. The van der Waals surface area contributed by atoms with E-state index in [4.69, 9.17) is 16.3 Å². The number of hydrogen-bond donors (Lipinski definition) is 0. The van der Waals surface area contributed by atoms with Crippen molar-refractivity contribution in [1.82, 2.24) is 9.88 Å². The zero-order valence-corrected chi connectivity index (χ0v) is 13.7. The summed E-state index contributed by atoms with van der Waals surface area (Å²) in [5.41, 5.74) is 0.965. The summed E-state index contributed by atoms with van der Waals surface area (Å²) in [4.78, 5) is 6.14. The van der Waals surface area contributed by atoms with Gasteiger partial charge in [-0.25, -0.2) is 0 Å². The van der Waals surface area contributed by atoms with Crippen LogP contribution < -0.4 is 4.74 Å². The Labute approximate surface area is 132 Å².